The summed E-state index contributed by atoms with van der Waals surface area (Å²) in [5.41, 5.74) is -0.657. The van der Waals surface area contributed by atoms with Crippen LogP contribution in [0.5, 0.6) is 0 Å². The Hall–Kier alpha value is -0.610. The quantitative estimate of drug-likeness (QED) is 0.702. The number of hydrogen-bond acceptors (Lipinski definition) is 3. The number of rotatable bonds is 4. The zero-order valence-electron chi connectivity index (χ0n) is 11.4. The Labute approximate surface area is 110 Å². The van der Waals surface area contributed by atoms with Crippen molar-refractivity contribution in [3.63, 3.8) is 0 Å². The Kier molecular flexibility index (Phi) is 4.62. The zero-order chi connectivity index (χ0) is 13.0. The van der Waals surface area contributed by atoms with Gasteiger partial charge in [-0.3, -0.25) is 4.79 Å². The second-order valence-corrected chi connectivity index (χ2v) is 6.25. The molecule has 2 aliphatic rings. The van der Waals surface area contributed by atoms with Gasteiger partial charge in [0.15, 0.2) is 0 Å². The van der Waals surface area contributed by atoms with E-state index in [1.165, 1.54) is 0 Å². The first-order chi connectivity index (χ1) is 8.57. The maximum absolute atomic E-state index is 11.8. The van der Waals surface area contributed by atoms with Gasteiger partial charge >= 0.3 is 0 Å². The summed E-state index contributed by atoms with van der Waals surface area (Å²) >= 11 is 0. The second kappa shape index (κ2) is 6.02. The van der Waals surface area contributed by atoms with E-state index >= 15 is 0 Å². The van der Waals surface area contributed by atoms with Crippen LogP contribution < -0.4 is 10.6 Å². The summed E-state index contributed by atoms with van der Waals surface area (Å²) in [4.78, 5) is 11.8. The van der Waals surface area contributed by atoms with Crippen molar-refractivity contribution in [3.05, 3.63) is 0 Å². The summed E-state index contributed by atoms with van der Waals surface area (Å²) in [5.74, 6) is 1.28. The van der Waals surface area contributed by atoms with Gasteiger partial charge in [-0.2, -0.15) is 0 Å². The van der Waals surface area contributed by atoms with E-state index < -0.39 is 5.60 Å². The molecule has 2 fully saturated rings. The highest BCUT2D eigenvalue weighted by Crippen LogP contribution is 2.31. The van der Waals surface area contributed by atoms with Crippen LogP contribution in [0.4, 0.5) is 0 Å². The van der Waals surface area contributed by atoms with E-state index in [1.54, 1.807) is 0 Å². The van der Waals surface area contributed by atoms with E-state index in [2.05, 4.69) is 17.6 Å². The molecule has 0 aromatic heterocycles. The van der Waals surface area contributed by atoms with Crippen molar-refractivity contribution in [2.45, 2.75) is 51.0 Å². The van der Waals surface area contributed by atoms with Crippen LogP contribution in [0.2, 0.25) is 0 Å². The fraction of sp³-hybridized carbons (Fsp3) is 0.929. The molecule has 1 aliphatic carbocycles. The minimum atomic E-state index is -0.657. The smallest absolute Gasteiger partial charge is 0.220 e. The molecule has 1 amide bonds. The van der Waals surface area contributed by atoms with Crippen molar-refractivity contribution in [2.24, 2.45) is 11.8 Å². The van der Waals surface area contributed by atoms with E-state index in [0.29, 0.717) is 24.8 Å². The van der Waals surface area contributed by atoms with Crippen molar-refractivity contribution in [2.75, 3.05) is 19.6 Å². The minimum Gasteiger partial charge on any atom is -0.388 e. The van der Waals surface area contributed by atoms with Crippen molar-refractivity contribution >= 4 is 5.91 Å². The van der Waals surface area contributed by atoms with Crippen LogP contribution in [0, 0.1) is 11.8 Å². The number of carbonyl (C=O) groups is 1. The Balaban J connectivity index is 1.68. The number of aliphatic hydroxyl groups is 1. The molecule has 1 saturated carbocycles. The predicted molar refractivity (Wildman–Crippen MR) is 71.2 cm³/mol. The van der Waals surface area contributed by atoms with Crippen LogP contribution >= 0.6 is 0 Å². The van der Waals surface area contributed by atoms with E-state index in [4.69, 9.17) is 0 Å². The van der Waals surface area contributed by atoms with Gasteiger partial charge in [0.05, 0.1) is 5.60 Å². The third-order valence-electron chi connectivity index (χ3n) is 4.46. The van der Waals surface area contributed by atoms with E-state index in [0.717, 1.165) is 45.2 Å². The fourth-order valence-corrected chi connectivity index (χ4v) is 2.96. The van der Waals surface area contributed by atoms with Gasteiger partial charge in [0.1, 0.15) is 0 Å². The molecule has 0 radical (unpaired) electrons. The van der Waals surface area contributed by atoms with Gasteiger partial charge in [0.2, 0.25) is 5.91 Å². The van der Waals surface area contributed by atoms with Gasteiger partial charge in [0, 0.05) is 13.0 Å². The minimum absolute atomic E-state index is 0.0933. The average molecular weight is 254 g/mol. The maximum Gasteiger partial charge on any atom is 0.220 e. The van der Waals surface area contributed by atoms with Crippen LogP contribution in [-0.2, 0) is 4.79 Å². The predicted octanol–water partition coefficient (Wildman–Crippen LogP) is 1.04. The highest BCUT2D eigenvalue weighted by Gasteiger charge is 2.32. The molecule has 1 heterocycles. The summed E-state index contributed by atoms with van der Waals surface area (Å²) < 4.78 is 0. The lowest BCUT2D eigenvalue weighted by molar-refractivity contribution is -0.123. The molecule has 0 aromatic carbocycles. The maximum atomic E-state index is 11.8. The Bertz CT molecular complexity index is 280. The van der Waals surface area contributed by atoms with Crippen LogP contribution in [-0.4, -0.2) is 36.2 Å². The topological polar surface area (TPSA) is 61.4 Å². The molecule has 1 saturated heterocycles. The lowest BCUT2D eigenvalue weighted by Gasteiger charge is -2.35. The lowest BCUT2D eigenvalue weighted by atomic mass is 9.79. The van der Waals surface area contributed by atoms with Gasteiger partial charge in [-0.1, -0.05) is 6.92 Å². The summed E-state index contributed by atoms with van der Waals surface area (Å²) in [5, 5.41) is 16.6. The Morgan fingerprint density at radius 3 is 2.72 bits per heavy atom. The normalized spacial score (nSPS) is 36.6. The first-order valence-corrected chi connectivity index (χ1v) is 7.27. The monoisotopic (exact) mass is 254 g/mol. The third-order valence-corrected chi connectivity index (χ3v) is 4.46. The molecule has 0 aromatic rings. The van der Waals surface area contributed by atoms with Gasteiger partial charge < -0.3 is 15.7 Å². The van der Waals surface area contributed by atoms with Gasteiger partial charge in [-0.05, 0) is 57.0 Å². The van der Waals surface area contributed by atoms with Gasteiger partial charge in [-0.25, -0.2) is 0 Å². The summed E-state index contributed by atoms with van der Waals surface area (Å²) in [6, 6.07) is 0. The zero-order valence-corrected chi connectivity index (χ0v) is 11.4. The molecule has 1 aliphatic heterocycles. The average Bonchev–Trinajstić information content (AvgIpc) is 2.84. The summed E-state index contributed by atoms with van der Waals surface area (Å²) in [6.45, 7) is 4.64. The number of hydrogen-bond donors (Lipinski definition) is 3. The highest BCUT2D eigenvalue weighted by molar-refractivity contribution is 5.76. The van der Waals surface area contributed by atoms with Crippen molar-refractivity contribution in [1.82, 2.24) is 10.6 Å². The number of nitrogens with one attached hydrogen (secondary N) is 2. The van der Waals surface area contributed by atoms with Crippen LogP contribution in [0.3, 0.4) is 0 Å². The standard InChI is InChI=1S/C14H26N2O2/c1-11-2-5-14(18,6-3-11)10-16-13(17)8-12-4-7-15-9-12/h11-12,15,18H,2-10H2,1H3,(H,16,17). The van der Waals surface area contributed by atoms with Gasteiger partial charge in [-0.15, -0.1) is 0 Å². The molecule has 2 rings (SSSR count). The van der Waals surface area contributed by atoms with Crippen LogP contribution in [0.15, 0.2) is 0 Å². The Morgan fingerprint density at radius 1 is 1.39 bits per heavy atom. The molecule has 18 heavy (non-hydrogen) atoms. The van der Waals surface area contributed by atoms with Crippen molar-refractivity contribution in [1.29, 1.82) is 0 Å². The lowest BCUT2D eigenvalue weighted by Crippen LogP contribution is -2.45. The number of carbonyl (C=O) groups excluding carboxylic acids is 1. The largest absolute Gasteiger partial charge is 0.388 e. The first kappa shape index (κ1) is 13.8. The molecule has 4 heteroatoms. The molecule has 3 N–H and O–H groups in total. The highest BCUT2D eigenvalue weighted by atomic mass is 16.3. The molecule has 4 nitrogen and oxygen atoms in total. The Morgan fingerprint density at radius 2 is 2.11 bits per heavy atom. The van der Waals surface area contributed by atoms with Crippen molar-refractivity contribution in [3.8, 4) is 0 Å². The van der Waals surface area contributed by atoms with Gasteiger partial charge in [0.25, 0.3) is 0 Å². The molecular formula is C14H26N2O2. The van der Waals surface area contributed by atoms with Crippen LogP contribution in [0.25, 0.3) is 0 Å². The first-order valence-electron chi connectivity index (χ1n) is 7.27. The molecule has 104 valence electrons. The molecule has 0 spiro atoms. The third kappa shape index (κ3) is 3.95. The van der Waals surface area contributed by atoms with E-state index in [9.17, 15) is 9.90 Å². The van der Waals surface area contributed by atoms with Crippen LogP contribution in [0.1, 0.15) is 45.4 Å². The number of amides is 1. The van der Waals surface area contributed by atoms with Crippen molar-refractivity contribution < 1.29 is 9.90 Å². The van der Waals surface area contributed by atoms with E-state index in [-0.39, 0.29) is 5.91 Å². The fourth-order valence-electron chi connectivity index (χ4n) is 2.96. The summed E-state index contributed by atoms with van der Waals surface area (Å²) in [6.07, 6.45) is 5.46. The molecule has 1 unspecified atom stereocenters. The molecule has 1 atom stereocenters. The summed E-state index contributed by atoms with van der Waals surface area (Å²) in [7, 11) is 0. The van der Waals surface area contributed by atoms with E-state index in [1.807, 2.05) is 0 Å². The molecular weight excluding hydrogens is 228 g/mol. The SMILES string of the molecule is CC1CCC(O)(CNC(=O)CC2CCNC2)CC1. The second-order valence-electron chi connectivity index (χ2n) is 6.25. The molecule has 0 bridgehead atoms.